The van der Waals surface area contributed by atoms with E-state index in [4.69, 9.17) is 9.72 Å². The van der Waals surface area contributed by atoms with E-state index < -0.39 is 5.60 Å². The maximum absolute atomic E-state index is 12.1. The number of fused-ring (bicyclic) bond motifs is 2. The maximum Gasteiger partial charge on any atom is 0.407 e. The van der Waals surface area contributed by atoms with Crippen molar-refractivity contribution < 1.29 is 9.53 Å². The summed E-state index contributed by atoms with van der Waals surface area (Å²) < 4.78 is 5.40. The first-order valence-corrected chi connectivity index (χ1v) is 11.2. The Morgan fingerprint density at radius 1 is 1.32 bits per heavy atom. The highest BCUT2D eigenvalue weighted by Gasteiger charge is 2.50. The van der Waals surface area contributed by atoms with Crippen molar-refractivity contribution in [2.45, 2.75) is 70.4 Å². The first kappa shape index (κ1) is 20.1. The molecule has 1 saturated heterocycles. The van der Waals surface area contributed by atoms with Crippen molar-refractivity contribution in [3.8, 4) is 0 Å². The lowest BCUT2D eigenvalue weighted by Gasteiger charge is -2.33. The molecule has 3 aliphatic rings. The third kappa shape index (κ3) is 4.45. The van der Waals surface area contributed by atoms with E-state index >= 15 is 0 Å². The number of carbonyl (C=O) groups excluding carboxylic acids is 1. The normalized spacial score (nSPS) is 25.0. The number of hydrogen-bond acceptors (Lipinski definition) is 7. The van der Waals surface area contributed by atoms with Crippen molar-refractivity contribution in [2.75, 3.05) is 23.3 Å². The highest BCUT2D eigenvalue weighted by molar-refractivity contribution is 5.67. The number of ether oxygens (including phenoxy) is 1. The van der Waals surface area contributed by atoms with Gasteiger partial charge in [-0.2, -0.15) is 10.1 Å². The van der Waals surface area contributed by atoms with Crippen molar-refractivity contribution in [3.63, 3.8) is 0 Å². The van der Waals surface area contributed by atoms with Gasteiger partial charge in [0.05, 0.1) is 0 Å². The van der Waals surface area contributed by atoms with Crippen LogP contribution >= 0.6 is 0 Å². The summed E-state index contributed by atoms with van der Waals surface area (Å²) in [5.41, 5.74) is 0.750. The SMILES string of the molecule is CC(C)(C)OC(=O)NCC12CCC(C1)N(c1nccc(Nc3cc(C4CC4)[nH]n3)n1)C2. The van der Waals surface area contributed by atoms with Crippen LogP contribution in [-0.2, 0) is 4.74 Å². The van der Waals surface area contributed by atoms with Crippen LogP contribution in [0.5, 0.6) is 0 Å². The number of nitrogens with zero attached hydrogens (tertiary/aromatic N) is 4. The molecular weight excluding hydrogens is 394 g/mol. The Labute approximate surface area is 182 Å². The average Bonchev–Trinajstić information content (AvgIpc) is 3.17. The zero-order valence-electron chi connectivity index (χ0n) is 18.4. The van der Waals surface area contributed by atoms with Gasteiger partial charge >= 0.3 is 6.09 Å². The number of aromatic amines is 1. The van der Waals surface area contributed by atoms with Gasteiger partial charge in [-0.05, 0) is 58.9 Å². The smallest absolute Gasteiger partial charge is 0.407 e. The minimum Gasteiger partial charge on any atom is -0.444 e. The molecule has 3 heterocycles. The number of H-pyrrole nitrogens is 1. The predicted octanol–water partition coefficient (Wildman–Crippen LogP) is 3.70. The standard InChI is InChI=1S/C22H31N7O2/c1-21(2,3)31-20(30)24-12-22-8-6-15(11-22)29(13-22)19-23-9-7-17(26-19)25-18-10-16(27-28-18)14-4-5-14/h7,9-10,14-15H,4-6,8,11-13H2,1-3H3,(H,24,30)(H2,23,25,26,27,28). The van der Waals surface area contributed by atoms with Crippen LogP contribution in [0, 0.1) is 5.41 Å². The van der Waals surface area contributed by atoms with Gasteiger partial charge in [0.25, 0.3) is 0 Å². The molecule has 0 radical (unpaired) electrons. The molecule has 31 heavy (non-hydrogen) atoms. The molecule has 3 N–H and O–H groups in total. The molecule has 2 unspecified atom stereocenters. The summed E-state index contributed by atoms with van der Waals surface area (Å²) in [5.74, 6) is 2.89. The van der Waals surface area contributed by atoms with Crippen LogP contribution in [0.3, 0.4) is 0 Å². The lowest BCUT2D eigenvalue weighted by Crippen LogP contribution is -2.43. The molecule has 166 valence electrons. The molecule has 0 aromatic carbocycles. The zero-order chi connectivity index (χ0) is 21.6. The third-order valence-electron chi connectivity index (χ3n) is 6.40. The Bertz CT molecular complexity index is 965. The number of piperidine rings is 1. The van der Waals surface area contributed by atoms with E-state index in [0.717, 1.165) is 43.4 Å². The van der Waals surface area contributed by atoms with E-state index in [0.29, 0.717) is 18.5 Å². The molecule has 1 amide bonds. The van der Waals surface area contributed by atoms with Crippen molar-refractivity contribution in [3.05, 3.63) is 24.0 Å². The van der Waals surface area contributed by atoms with Gasteiger partial charge < -0.3 is 20.3 Å². The van der Waals surface area contributed by atoms with Gasteiger partial charge in [-0.25, -0.2) is 9.78 Å². The van der Waals surface area contributed by atoms with Crippen LogP contribution in [0.1, 0.15) is 64.5 Å². The van der Waals surface area contributed by atoms with Gasteiger partial charge in [-0.1, -0.05) is 0 Å². The summed E-state index contributed by atoms with van der Waals surface area (Å²) in [6.45, 7) is 7.08. The molecule has 2 aliphatic carbocycles. The fraction of sp³-hybridized carbons (Fsp3) is 0.636. The fourth-order valence-corrected chi connectivity index (χ4v) is 4.79. The Morgan fingerprint density at radius 3 is 2.94 bits per heavy atom. The molecule has 2 aromatic heterocycles. The van der Waals surface area contributed by atoms with Crippen LogP contribution in [0.25, 0.3) is 0 Å². The second-order valence-electron chi connectivity index (χ2n) is 10.2. The maximum atomic E-state index is 12.1. The monoisotopic (exact) mass is 425 g/mol. The number of carbonyl (C=O) groups is 1. The number of anilines is 3. The molecule has 1 aliphatic heterocycles. The molecule has 2 atom stereocenters. The third-order valence-corrected chi connectivity index (χ3v) is 6.40. The topological polar surface area (TPSA) is 108 Å². The van der Waals surface area contributed by atoms with E-state index in [2.05, 4.69) is 36.8 Å². The average molecular weight is 426 g/mol. The second kappa shape index (κ2) is 7.39. The van der Waals surface area contributed by atoms with Crippen LogP contribution in [0.4, 0.5) is 22.4 Å². The second-order valence-corrected chi connectivity index (χ2v) is 10.2. The molecule has 2 aromatic rings. The highest BCUT2D eigenvalue weighted by atomic mass is 16.6. The summed E-state index contributed by atoms with van der Waals surface area (Å²) >= 11 is 0. The van der Waals surface area contributed by atoms with E-state index in [1.54, 1.807) is 6.20 Å². The van der Waals surface area contributed by atoms with Gasteiger partial charge in [0.15, 0.2) is 5.82 Å². The van der Waals surface area contributed by atoms with E-state index in [1.807, 2.05) is 26.8 Å². The molecule has 9 nitrogen and oxygen atoms in total. The number of alkyl carbamates (subject to hydrolysis) is 1. The molecule has 2 bridgehead atoms. The molecule has 9 heteroatoms. The number of rotatable bonds is 6. The Hall–Kier alpha value is -2.84. The Kier molecular flexibility index (Phi) is 4.79. The Morgan fingerprint density at radius 2 is 2.16 bits per heavy atom. The summed E-state index contributed by atoms with van der Waals surface area (Å²) in [4.78, 5) is 23.7. The lowest BCUT2D eigenvalue weighted by molar-refractivity contribution is 0.0504. The highest BCUT2D eigenvalue weighted by Crippen LogP contribution is 2.48. The summed E-state index contributed by atoms with van der Waals surface area (Å²) in [7, 11) is 0. The van der Waals surface area contributed by atoms with Gasteiger partial charge in [0.1, 0.15) is 11.4 Å². The van der Waals surface area contributed by atoms with Crippen LogP contribution < -0.4 is 15.5 Å². The summed E-state index contributed by atoms with van der Waals surface area (Å²) in [5, 5.41) is 13.7. The van der Waals surface area contributed by atoms with Gasteiger partial charge in [-0.15, -0.1) is 0 Å². The fourth-order valence-electron chi connectivity index (χ4n) is 4.79. The van der Waals surface area contributed by atoms with Crippen molar-refractivity contribution in [1.29, 1.82) is 0 Å². The molecule has 0 spiro atoms. The van der Waals surface area contributed by atoms with Crippen molar-refractivity contribution in [2.24, 2.45) is 5.41 Å². The molecule has 2 saturated carbocycles. The number of hydrogen-bond donors (Lipinski definition) is 3. The van der Waals surface area contributed by atoms with Gasteiger partial charge in [-0.3, -0.25) is 5.10 Å². The number of nitrogens with one attached hydrogen (secondary N) is 3. The molecule has 3 fully saturated rings. The Balaban J connectivity index is 1.23. The van der Waals surface area contributed by atoms with Gasteiger partial charge in [0, 0.05) is 48.4 Å². The van der Waals surface area contributed by atoms with E-state index in [-0.39, 0.29) is 11.5 Å². The van der Waals surface area contributed by atoms with Gasteiger partial charge in [0.2, 0.25) is 5.95 Å². The summed E-state index contributed by atoms with van der Waals surface area (Å²) in [6, 6.07) is 4.33. The van der Waals surface area contributed by atoms with Crippen molar-refractivity contribution >= 4 is 23.7 Å². The first-order valence-electron chi connectivity index (χ1n) is 11.2. The lowest BCUT2D eigenvalue weighted by atomic mass is 9.87. The van der Waals surface area contributed by atoms with Crippen LogP contribution in [0.2, 0.25) is 0 Å². The number of aromatic nitrogens is 4. The quantitative estimate of drug-likeness (QED) is 0.647. The largest absolute Gasteiger partial charge is 0.444 e. The first-order chi connectivity index (χ1) is 14.8. The van der Waals surface area contributed by atoms with Crippen LogP contribution in [0.15, 0.2) is 18.3 Å². The van der Waals surface area contributed by atoms with Crippen LogP contribution in [-0.4, -0.2) is 51.0 Å². The predicted molar refractivity (Wildman–Crippen MR) is 118 cm³/mol. The van der Waals surface area contributed by atoms with E-state index in [1.165, 1.54) is 18.5 Å². The molecule has 5 rings (SSSR count). The zero-order valence-corrected chi connectivity index (χ0v) is 18.4. The summed E-state index contributed by atoms with van der Waals surface area (Å²) in [6.07, 6.45) is 7.13. The van der Waals surface area contributed by atoms with E-state index in [9.17, 15) is 4.79 Å². The van der Waals surface area contributed by atoms with Crippen molar-refractivity contribution in [1.82, 2.24) is 25.5 Å². The minimum absolute atomic E-state index is 0.0513. The minimum atomic E-state index is -0.489. The number of amides is 1. The molecular formula is C22H31N7O2.